The number of esters is 1. The van der Waals surface area contributed by atoms with Crippen LogP contribution in [0.15, 0.2) is 6.20 Å². The molecule has 0 aromatic carbocycles. The lowest BCUT2D eigenvalue weighted by molar-refractivity contribution is -0.143. The number of carbonyl (C=O) groups excluding carboxylic acids is 2. The van der Waals surface area contributed by atoms with Gasteiger partial charge in [0, 0.05) is 0 Å². The van der Waals surface area contributed by atoms with Crippen LogP contribution in [-0.2, 0) is 9.53 Å². The Morgan fingerprint density at radius 3 is 2.65 bits per heavy atom. The molecule has 1 N–H and O–H groups in total. The molecule has 1 saturated carbocycles. The fraction of sp³-hybridized carbons (Fsp3) is 0.750. The van der Waals surface area contributed by atoms with Gasteiger partial charge in [0.1, 0.15) is 6.04 Å². The largest absolute Gasteiger partial charge is 0.467 e. The van der Waals surface area contributed by atoms with Crippen molar-refractivity contribution in [1.29, 1.82) is 0 Å². The molecule has 0 saturated heterocycles. The van der Waals surface area contributed by atoms with Gasteiger partial charge in [-0.15, -0.1) is 5.10 Å². The highest BCUT2D eigenvalue weighted by atomic mass is 16.5. The van der Waals surface area contributed by atoms with Crippen molar-refractivity contribution in [3.05, 3.63) is 11.9 Å². The van der Waals surface area contributed by atoms with E-state index in [1.54, 1.807) is 10.9 Å². The predicted octanol–water partition coefficient (Wildman–Crippen LogP) is 2.10. The Kier molecular flexibility index (Phi) is 6.12. The fourth-order valence-electron chi connectivity index (χ4n) is 2.96. The van der Waals surface area contributed by atoms with E-state index in [-0.39, 0.29) is 17.5 Å². The van der Waals surface area contributed by atoms with E-state index in [0.717, 1.165) is 12.8 Å². The molecule has 128 valence electrons. The first-order chi connectivity index (χ1) is 11.0. The number of nitrogens with one attached hydrogen (secondary N) is 1. The van der Waals surface area contributed by atoms with Gasteiger partial charge in [-0.25, -0.2) is 9.48 Å². The van der Waals surface area contributed by atoms with Crippen molar-refractivity contribution in [2.24, 2.45) is 5.92 Å². The molecule has 0 radical (unpaired) electrons. The molecule has 1 heterocycles. The van der Waals surface area contributed by atoms with E-state index in [9.17, 15) is 9.59 Å². The van der Waals surface area contributed by atoms with Crippen molar-refractivity contribution in [2.45, 2.75) is 64.5 Å². The quantitative estimate of drug-likeness (QED) is 0.811. The summed E-state index contributed by atoms with van der Waals surface area (Å²) in [5, 5.41) is 10.7. The Balaban J connectivity index is 2.01. The molecule has 1 amide bonds. The Morgan fingerprint density at radius 1 is 1.35 bits per heavy atom. The highest BCUT2D eigenvalue weighted by molar-refractivity contribution is 5.94. The van der Waals surface area contributed by atoms with Crippen LogP contribution in [0, 0.1) is 5.92 Å². The second-order valence-electron chi connectivity index (χ2n) is 6.55. The van der Waals surface area contributed by atoms with E-state index in [1.165, 1.54) is 26.4 Å². The van der Waals surface area contributed by atoms with Crippen molar-refractivity contribution in [3.63, 3.8) is 0 Å². The highest BCUT2D eigenvalue weighted by Crippen LogP contribution is 2.27. The van der Waals surface area contributed by atoms with E-state index < -0.39 is 12.0 Å². The maximum atomic E-state index is 12.3. The lowest BCUT2D eigenvalue weighted by Gasteiger charge is -2.21. The van der Waals surface area contributed by atoms with Crippen LogP contribution in [-0.4, -0.2) is 40.0 Å². The first-order valence-electron chi connectivity index (χ1n) is 8.31. The lowest BCUT2D eigenvalue weighted by atomic mass is 9.96. The van der Waals surface area contributed by atoms with Crippen LogP contribution in [0.3, 0.4) is 0 Å². The van der Waals surface area contributed by atoms with Crippen molar-refractivity contribution in [1.82, 2.24) is 20.3 Å². The van der Waals surface area contributed by atoms with E-state index in [1.807, 2.05) is 13.8 Å². The third-order valence-corrected chi connectivity index (χ3v) is 4.19. The minimum absolute atomic E-state index is 0.244. The molecule has 0 spiro atoms. The Bertz CT molecular complexity index is 535. The molecule has 0 aliphatic heterocycles. The number of hydrogen-bond acceptors (Lipinski definition) is 5. The first kappa shape index (κ1) is 17.4. The number of hydrogen-bond donors (Lipinski definition) is 1. The summed E-state index contributed by atoms with van der Waals surface area (Å²) in [5.74, 6) is -0.563. The van der Waals surface area contributed by atoms with Gasteiger partial charge in [-0.05, 0) is 25.2 Å². The second kappa shape index (κ2) is 8.08. The van der Waals surface area contributed by atoms with Gasteiger partial charge in [0.05, 0.1) is 19.3 Å². The number of ether oxygens (including phenoxy) is 1. The molecule has 1 atom stereocenters. The molecular formula is C16H26N4O3. The Labute approximate surface area is 136 Å². The highest BCUT2D eigenvalue weighted by Gasteiger charge is 2.25. The fourth-order valence-corrected chi connectivity index (χ4v) is 2.96. The maximum absolute atomic E-state index is 12.3. The molecule has 7 nitrogen and oxygen atoms in total. The van der Waals surface area contributed by atoms with Crippen LogP contribution in [0.5, 0.6) is 0 Å². The predicted molar refractivity (Wildman–Crippen MR) is 84.9 cm³/mol. The average Bonchev–Trinajstić information content (AvgIpc) is 3.04. The molecule has 1 aromatic heterocycles. The summed E-state index contributed by atoms with van der Waals surface area (Å²) in [4.78, 5) is 24.1. The van der Waals surface area contributed by atoms with Crippen LogP contribution >= 0.6 is 0 Å². The SMILES string of the molecule is COC(=O)[C@H](CC(C)C)NC(=O)c1cn(C2CCCCC2)nn1. The molecule has 1 fully saturated rings. The zero-order valence-corrected chi connectivity index (χ0v) is 14.1. The monoisotopic (exact) mass is 322 g/mol. The zero-order chi connectivity index (χ0) is 16.8. The summed E-state index contributed by atoms with van der Waals surface area (Å²) in [6.07, 6.45) is 7.97. The van der Waals surface area contributed by atoms with Crippen LogP contribution in [0.25, 0.3) is 0 Å². The summed E-state index contributed by atoms with van der Waals surface area (Å²) in [6.45, 7) is 3.98. The summed E-state index contributed by atoms with van der Waals surface area (Å²) >= 11 is 0. The van der Waals surface area contributed by atoms with E-state index in [4.69, 9.17) is 4.74 Å². The first-order valence-corrected chi connectivity index (χ1v) is 8.31. The van der Waals surface area contributed by atoms with Crippen LogP contribution < -0.4 is 5.32 Å². The smallest absolute Gasteiger partial charge is 0.328 e. The lowest BCUT2D eigenvalue weighted by Crippen LogP contribution is -2.42. The standard InChI is InChI=1S/C16H26N4O3/c1-11(2)9-13(16(22)23-3)17-15(21)14-10-20(19-18-14)12-7-5-4-6-8-12/h10-13H,4-9H2,1-3H3,(H,17,21)/t13-/m0/s1. The molecular weight excluding hydrogens is 296 g/mol. The molecule has 2 rings (SSSR count). The van der Waals surface area contributed by atoms with E-state index in [2.05, 4.69) is 15.6 Å². The number of methoxy groups -OCH3 is 1. The topological polar surface area (TPSA) is 86.1 Å². The summed E-state index contributed by atoms with van der Waals surface area (Å²) < 4.78 is 6.54. The molecule has 0 bridgehead atoms. The van der Waals surface area contributed by atoms with Gasteiger partial charge in [0.25, 0.3) is 5.91 Å². The summed E-state index contributed by atoms with van der Waals surface area (Å²) in [6, 6.07) is -0.336. The molecule has 7 heteroatoms. The van der Waals surface area contributed by atoms with Gasteiger partial charge in [-0.1, -0.05) is 38.3 Å². The van der Waals surface area contributed by atoms with E-state index >= 15 is 0 Å². The maximum Gasteiger partial charge on any atom is 0.328 e. The van der Waals surface area contributed by atoms with Gasteiger partial charge in [-0.2, -0.15) is 0 Å². The number of carbonyl (C=O) groups is 2. The number of aromatic nitrogens is 3. The van der Waals surface area contributed by atoms with E-state index in [0.29, 0.717) is 12.5 Å². The Morgan fingerprint density at radius 2 is 2.04 bits per heavy atom. The van der Waals surface area contributed by atoms with Gasteiger partial charge in [-0.3, -0.25) is 4.79 Å². The van der Waals surface area contributed by atoms with Gasteiger partial charge in [0.2, 0.25) is 0 Å². The Hall–Kier alpha value is -1.92. The average molecular weight is 322 g/mol. The number of rotatable bonds is 6. The number of amides is 1. The summed E-state index contributed by atoms with van der Waals surface area (Å²) in [5.41, 5.74) is 0.244. The normalized spacial score (nSPS) is 17.0. The molecule has 1 aliphatic carbocycles. The molecule has 1 aromatic rings. The van der Waals surface area contributed by atoms with Crippen LogP contribution in [0.1, 0.15) is 68.9 Å². The van der Waals surface area contributed by atoms with Gasteiger partial charge >= 0.3 is 5.97 Å². The van der Waals surface area contributed by atoms with Crippen LogP contribution in [0.4, 0.5) is 0 Å². The van der Waals surface area contributed by atoms with Crippen molar-refractivity contribution >= 4 is 11.9 Å². The number of nitrogens with zero attached hydrogens (tertiary/aromatic N) is 3. The summed E-state index contributed by atoms with van der Waals surface area (Å²) in [7, 11) is 1.32. The minimum atomic E-state index is -0.660. The minimum Gasteiger partial charge on any atom is -0.467 e. The van der Waals surface area contributed by atoms with Crippen molar-refractivity contribution < 1.29 is 14.3 Å². The van der Waals surface area contributed by atoms with Crippen molar-refractivity contribution in [3.8, 4) is 0 Å². The zero-order valence-electron chi connectivity index (χ0n) is 14.1. The molecule has 23 heavy (non-hydrogen) atoms. The third-order valence-electron chi connectivity index (χ3n) is 4.19. The third kappa shape index (κ3) is 4.77. The second-order valence-corrected chi connectivity index (χ2v) is 6.55. The van der Waals surface area contributed by atoms with Gasteiger partial charge < -0.3 is 10.1 Å². The van der Waals surface area contributed by atoms with Gasteiger partial charge in [0.15, 0.2) is 5.69 Å². The molecule has 0 unspecified atom stereocenters. The molecule has 1 aliphatic rings. The van der Waals surface area contributed by atoms with Crippen molar-refractivity contribution in [2.75, 3.05) is 7.11 Å². The van der Waals surface area contributed by atoms with Crippen LogP contribution in [0.2, 0.25) is 0 Å².